The van der Waals surface area contributed by atoms with Crippen LogP contribution in [-0.4, -0.2) is 70.1 Å². The number of thiophene rings is 1. The van der Waals surface area contributed by atoms with Gasteiger partial charge in [0.2, 0.25) is 5.91 Å². The molecule has 2 aromatic heterocycles. The van der Waals surface area contributed by atoms with Crippen LogP contribution in [-0.2, 0) is 23.1 Å². The third-order valence-corrected chi connectivity index (χ3v) is 6.26. The van der Waals surface area contributed by atoms with Crippen LogP contribution in [0.5, 0.6) is 0 Å². The van der Waals surface area contributed by atoms with Crippen LogP contribution in [0, 0.1) is 0 Å². The Morgan fingerprint density at radius 2 is 2.25 bits per heavy atom. The van der Waals surface area contributed by atoms with E-state index >= 15 is 0 Å². The Bertz CT molecular complexity index is 811. The number of aromatic nitrogens is 3. The van der Waals surface area contributed by atoms with Crippen molar-refractivity contribution in [1.82, 2.24) is 24.8 Å². The van der Waals surface area contributed by atoms with Crippen LogP contribution in [0.25, 0.3) is 6.08 Å². The molecule has 4 rings (SSSR count). The molecule has 0 saturated carbocycles. The zero-order chi connectivity index (χ0) is 19.3. The van der Waals surface area contributed by atoms with Gasteiger partial charge in [-0.25, -0.2) is 0 Å². The Hall–Kier alpha value is -2.03. The lowest BCUT2D eigenvalue weighted by Crippen LogP contribution is -2.39. The lowest BCUT2D eigenvalue weighted by Gasteiger charge is -2.31. The van der Waals surface area contributed by atoms with Gasteiger partial charge >= 0.3 is 0 Å². The second-order valence-corrected chi connectivity index (χ2v) is 8.41. The predicted octanol–water partition coefficient (Wildman–Crippen LogP) is 2.13. The molecule has 7 nitrogen and oxygen atoms in total. The molecule has 8 heteroatoms. The Morgan fingerprint density at radius 1 is 1.39 bits per heavy atom. The summed E-state index contributed by atoms with van der Waals surface area (Å²) in [5, 5.41) is 10.4. The molecule has 0 spiro atoms. The summed E-state index contributed by atoms with van der Waals surface area (Å²) >= 11 is 1.62. The van der Waals surface area contributed by atoms with Crippen molar-refractivity contribution in [2.24, 2.45) is 7.05 Å². The number of likely N-dealkylation sites (tertiary alicyclic amines) is 1. The molecule has 2 aromatic rings. The van der Waals surface area contributed by atoms with E-state index in [2.05, 4.69) is 15.2 Å². The van der Waals surface area contributed by atoms with Crippen molar-refractivity contribution in [1.29, 1.82) is 0 Å². The average Bonchev–Trinajstić information content (AvgIpc) is 3.46. The lowest BCUT2D eigenvalue weighted by molar-refractivity contribution is -0.127. The van der Waals surface area contributed by atoms with E-state index in [9.17, 15) is 4.79 Å². The van der Waals surface area contributed by atoms with Gasteiger partial charge < -0.3 is 14.5 Å². The number of hydrogen-bond donors (Lipinski definition) is 0. The first-order valence-corrected chi connectivity index (χ1v) is 10.8. The second kappa shape index (κ2) is 8.98. The van der Waals surface area contributed by atoms with Crippen molar-refractivity contribution in [2.45, 2.75) is 25.3 Å². The summed E-state index contributed by atoms with van der Waals surface area (Å²) in [5.74, 6) is 0.105. The molecule has 0 N–H and O–H groups in total. The Kier molecular flexibility index (Phi) is 6.19. The molecule has 2 aliphatic heterocycles. The number of amides is 1. The standard InChI is InChI=1S/C20H27N5O2S/c1-23-20-16(15-27-11-10-24-8-2-3-9-24)13-25(14-18(20)21-22-23)19(26)7-6-17-5-4-12-28-17/h4-7,12,16H,2-3,8-11,13-15H2,1H3/b7-6+. The molecule has 0 aromatic carbocycles. The van der Waals surface area contributed by atoms with Gasteiger partial charge in [0.05, 0.1) is 25.5 Å². The van der Waals surface area contributed by atoms with Gasteiger partial charge in [0.25, 0.3) is 0 Å². The fourth-order valence-electron chi connectivity index (χ4n) is 3.99. The Morgan fingerprint density at radius 3 is 3.04 bits per heavy atom. The van der Waals surface area contributed by atoms with Crippen molar-refractivity contribution in [3.63, 3.8) is 0 Å². The van der Waals surface area contributed by atoms with Gasteiger partial charge in [0, 0.05) is 37.0 Å². The number of rotatable bonds is 7. The maximum atomic E-state index is 12.7. The summed E-state index contributed by atoms with van der Waals surface area (Å²) in [6.07, 6.45) is 6.12. The molecule has 1 fully saturated rings. The van der Waals surface area contributed by atoms with E-state index < -0.39 is 0 Å². The number of carbonyl (C=O) groups excluding carboxylic acids is 1. The highest BCUT2D eigenvalue weighted by atomic mass is 32.1. The molecule has 4 heterocycles. The van der Waals surface area contributed by atoms with Gasteiger partial charge in [-0.3, -0.25) is 9.48 Å². The van der Waals surface area contributed by atoms with E-state index in [0.717, 1.165) is 29.4 Å². The summed E-state index contributed by atoms with van der Waals surface area (Å²) in [6.45, 7) is 5.79. The largest absolute Gasteiger partial charge is 0.379 e. The highest BCUT2D eigenvalue weighted by Gasteiger charge is 2.31. The van der Waals surface area contributed by atoms with Gasteiger partial charge in [0.1, 0.15) is 5.69 Å². The number of aryl methyl sites for hydroxylation is 1. The van der Waals surface area contributed by atoms with Crippen molar-refractivity contribution in [3.8, 4) is 0 Å². The Labute approximate surface area is 169 Å². The van der Waals surface area contributed by atoms with Crippen LogP contribution in [0.3, 0.4) is 0 Å². The molecule has 1 unspecified atom stereocenters. The maximum absolute atomic E-state index is 12.7. The smallest absolute Gasteiger partial charge is 0.246 e. The van der Waals surface area contributed by atoms with E-state index in [4.69, 9.17) is 4.74 Å². The summed E-state index contributed by atoms with van der Waals surface area (Å²) in [4.78, 5) is 18.1. The number of carbonyl (C=O) groups is 1. The third-order valence-electron chi connectivity index (χ3n) is 5.43. The zero-order valence-corrected chi connectivity index (χ0v) is 17.1. The van der Waals surface area contributed by atoms with Crippen LogP contribution in [0.4, 0.5) is 0 Å². The normalized spacial score (nSPS) is 20.2. The average molecular weight is 402 g/mol. The minimum Gasteiger partial charge on any atom is -0.379 e. The SMILES string of the molecule is Cn1nnc2c1C(COCCN1CCCC1)CN(C(=O)/C=C/c1cccs1)C2. The van der Waals surface area contributed by atoms with Gasteiger partial charge in [-0.05, 0) is 43.5 Å². The molecule has 28 heavy (non-hydrogen) atoms. The van der Waals surface area contributed by atoms with Crippen molar-refractivity contribution in [3.05, 3.63) is 39.9 Å². The van der Waals surface area contributed by atoms with E-state index in [-0.39, 0.29) is 11.8 Å². The molecule has 1 saturated heterocycles. The van der Waals surface area contributed by atoms with Crippen LogP contribution in [0.15, 0.2) is 23.6 Å². The van der Waals surface area contributed by atoms with E-state index in [1.807, 2.05) is 40.2 Å². The molecule has 0 aliphatic carbocycles. The first-order chi connectivity index (χ1) is 13.7. The molecule has 0 radical (unpaired) electrons. The molecule has 1 amide bonds. The molecule has 0 bridgehead atoms. The fraction of sp³-hybridized carbons (Fsp3) is 0.550. The van der Waals surface area contributed by atoms with Crippen molar-refractivity contribution >= 4 is 23.3 Å². The summed E-state index contributed by atoms with van der Waals surface area (Å²) < 4.78 is 7.82. The first kappa shape index (κ1) is 19.3. The van der Waals surface area contributed by atoms with Crippen molar-refractivity contribution in [2.75, 3.05) is 39.4 Å². The van der Waals surface area contributed by atoms with Crippen LogP contribution in [0.2, 0.25) is 0 Å². The monoisotopic (exact) mass is 401 g/mol. The highest BCUT2D eigenvalue weighted by molar-refractivity contribution is 7.10. The summed E-state index contributed by atoms with van der Waals surface area (Å²) in [7, 11) is 1.91. The van der Waals surface area contributed by atoms with Crippen LogP contribution < -0.4 is 0 Å². The molecular formula is C20H27N5O2S. The summed E-state index contributed by atoms with van der Waals surface area (Å²) in [6, 6.07) is 3.99. The van der Waals surface area contributed by atoms with Gasteiger partial charge in [0.15, 0.2) is 0 Å². The number of fused-ring (bicyclic) bond motifs is 1. The second-order valence-electron chi connectivity index (χ2n) is 7.43. The predicted molar refractivity (Wildman–Crippen MR) is 109 cm³/mol. The van der Waals surface area contributed by atoms with Crippen LogP contribution >= 0.6 is 11.3 Å². The zero-order valence-electron chi connectivity index (χ0n) is 16.3. The third kappa shape index (κ3) is 4.51. The maximum Gasteiger partial charge on any atom is 0.246 e. The lowest BCUT2D eigenvalue weighted by atomic mass is 9.99. The van der Waals surface area contributed by atoms with E-state index in [1.54, 1.807) is 17.4 Å². The molecule has 150 valence electrons. The van der Waals surface area contributed by atoms with Crippen LogP contribution in [0.1, 0.15) is 35.0 Å². The van der Waals surface area contributed by atoms with Crippen molar-refractivity contribution < 1.29 is 9.53 Å². The van der Waals surface area contributed by atoms with Gasteiger partial charge in [-0.15, -0.1) is 16.4 Å². The van der Waals surface area contributed by atoms with E-state index in [1.165, 1.54) is 25.9 Å². The number of hydrogen-bond acceptors (Lipinski definition) is 6. The minimum atomic E-state index is 0.00627. The Balaban J connectivity index is 1.37. The van der Waals surface area contributed by atoms with Gasteiger partial charge in [-0.2, -0.15) is 0 Å². The number of ether oxygens (including phenoxy) is 1. The molecular weight excluding hydrogens is 374 g/mol. The number of nitrogens with zero attached hydrogens (tertiary/aromatic N) is 5. The first-order valence-electron chi connectivity index (χ1n) is 9.90. The topological polar surface area (TPSA) is 63.5 Å². The van der Waals surface area contributed by atoms with Gasteiger partial charge in [-0.1, -0.05) is 11.3 Å². The quantitative estimate of drug-likeness (QED) is 0.525. The molecule has 2 aliphatic rings. The summed E-state index contributed by atoms with van der Waals surface area (Å²) in [5.41, 5.74) is 1.97. The molecule has 1 atom stereocenters. The minimum absolute atomic E-state index is 0.00627. The highest BCUT2D eigenvalue weighted by Crippen LogP contribution is 2.27. The fourth-order valence-corrected chi connectivity index (χ4v) is 4.61. The van der Waals surface area contributed by atoms with E-state index in [0.29, 0.717) is 19.7 Å².